The number of carbonyl (C=O) groups excluding carboxylic acids is 2. The van der Waals surface area contributed by atoms with Crippen LogP contribution in [0.4, 0.5) is 0 Å². The van der Waals surface area contributed by atoms with Crippen molar-refractivity contribution in [3.63, 3.8) is 0 Å². The first kappa shape index (κ1) is 28.0. The number of methoxy groups -OCH3 is 2. The lowest BCUT2D eigenvalue weighted by Crippen LogP contribution is -2.34. The van der Waals surface area contributed by atoms with Gasteiger partial charge in [0.2, 0.25) is 0 Å². The molecule has 0 fully saturated rings. The summed E-state index contributed by atoms with van der Waals surface area (Å²) < 4.78 is 15.6. The first-order valence-electron chi connectivity index (χ1n) is 11.6. The van der Waals surface area contributed by atoms with Gasteiger partial charge in [0.05, 0.1) is 20.3 Å². The maximum absolute atomic E-state index is 13.1. The summed E-state index contributed by atoms with van der Waals surface area (Å²) in [7, 11) is 2.89. The van der Waals surface area contributed by atoms with Gasteiger partial charge in [-0.3, -0.25) is 9.59 Å². The number of esters is 1. The molecule has 8 heteroatoms. The van der Waals surface area contributed by atoms with E-state index < -0.39 is 18.2 Å². The number of aliphatic hydroxyl groups excluding tert-OH is 1. The van der Waals surface area contributed by atoms with Gasteiger partial charge >= 0.3 is 5.97 Å². The standard InChI is InChI=1S/C27H36O8/c1-16(2)10-20(19-7-9-23(31)26(14-19)34-5)13-21(29)15-27(35-17(3)28)24(32)11-18-6-8-22(30)25(12-18)33-4/h6-9,12,14,16,20,24,27,30-32H,10-11,13,15H2,1-5H3/t20-,24-,27-/m0/s1. The Bertz CT molecular complexity index is 1000. The molecule has 0 aliphatic rings. The van der Waals surface area contributed by atoms with E-state index >= 15 is 0 Å². The molecule has 3 N–H and O–H groups in total. The fourth-order valence-electron chi connectivity index (χ4n) is 4.13. The third-order valence-corrected chi connectivity index (χ3v) is 5.77. The molecule has 0 unspecified atom stereocenters. The van der Waals surface area contributed by atoms with Gasteiger partial charge in [-0.05, 0) is 53.6 Å². The molecule has 8 nitrogen and oxygen atoms in total. The molecule has 0 spiro atoms. The van der Waals surface area contributed by atoms with Gasteiger partial charge in [-0.25, -0.2) is 0 Å². The fraction of sp³-hybridized carbons (Fsp3) is 0.481. The number of ketones is 1. The highest BCUT2D eigenvalue weighted by Crippen LogP contribution is 2.35. The quantitative estimate of drug-likeness (QED) is 0.360. The van der Waals surface area contributed by atoms with Gasteiger partial charge < -0.3 is 29.5 Å². The SMILES string of the molecule is COc1cc(C[C@H](O)[C@H](CC(=O)C[C@H](CC(C)C)c2ccc(O)c(OC)c2)OC(C)=O)ccc1O. The second kappa shape index (κ2) is 13.0. The van der Waals surface area contributed by atoms with E-state index in [2.05, 4.69) is 13.8 Å². The maximum atomic E-state index is 13.1. The molecular weight excluding hydrogens is 452 g/mol. The molecule has 2 aromatic carbocycles. The molecule has 35 heavy (non-hydrogen) atoms. The van der Waals surface area contributed by atoms with E-state index in [1.165, 1.54) is 27.2 Å². The highest BCUT2D eigenvalue weighted by Gasteiger charge is 2.28. The highest BCUT2D eigenvalue weighted by atomic mass is 16.6. The number of benzene rings is 2. The summed E-state index contributed by atoms with van der Waals surface area (Å²) in [5.41, 5.74) is 1.52. The molecule has 0 aromatic heterocycles. The van der Waals surface area contributed by atoms with Gasteiger partial charge in [-0.15, -0.1) is 0 Å². The van der Waals surface area contributed by atoms with Gasteiger partial charge in [0.1, 0.15) is 11.9 Å². The van der Waals surface area contributed by atoms with Gasteiger partial charge in [0.25, 0.3) is 0 Å². The Labute approximate surface area is 206 Å². The molecule has 0 heterocycles. The van der Waals surface area contributed by atoms with Crippen molar-refractivity contribution in [3.8, 4) is 23.0 Å². The Balaban J connectivity index is 2.17. The van der Waals surface area contributed by atoms with E-state index in [4.69, 9.17) is 14.2 Å². The molecule has 0 saturated heterocycles. The average Bonchev–Trinajstić information content (AvgIpc) is 2.79. The number of hydrogen-bond donors (Lipinski definition) is 3. The summed E-state index contributed by atoms with van der Waals surface area (Å²) >= 11 is 0. The molecule has 0 saturated carbocycles. The fourth-order valence-corrected chi connectivity index (χ4v) is 4.13. The van der Waals surface area contributed by atoms with Crippen LogP contribution in [-0.2, 0) is 20.7 Å². The van der Waals surface area contributed by atoms with Gasteiger partial charge in [-0.2, -0.15) is 0 Å². The minimum atomic E-state index is -1.13. The van der Waals surface area contributed by atoms with Crippen LogP contribution in [-0.4, -0.2) is 53.5 Å². The molecule has 2 aromatic rings. The summed E-state index contributed by atoms with van der Waals surface area (Å²) in [6, 6.07) is 9.71. The predicted molar refractivity (Wildman–Crippen MR) is 131 cm³/mol. The number of Topliss-reactive ketones (excluding diaryl/α,β-unsaturated/α-hetero) is 1. The van der Waals surface area contributed by atoms with Crippen molar-refractivity contribution in [3.05, 3.63) is 47.5 Å². The molecular formula is C27H36O8. The Kier molecular flexibility index (Phi) is 10.4. The minimum absolute atomic E-state index is 0.0229. The van der Waals surface area contributed by atoms with E-state index in [1.54, 1.807) is 30.3 Å². The van der Waals surface area contributed by atoms with Gasteiger partial charge in [0.15, 0.2) is 23.0 Å². The number of aliphatic hydroxyl groups is 1. The van der Waals surface area contributed by atoms with E-state index in [0.29, 0.717) is 17.2 Å². The molecule has 0 bridgehead atoms. The van der Waals surface area contributed by atoms with Crippen molar-refractivity contribution in [2.24, 2.45) is 5.92 Å². The van der Waals surface area contributed by atoms with Crippen LogP contribution in [0.3, 0.4) is 0 Å². The van der Waals surface area contributed by atoms with Crippen LogP contribution in [0.5, 0.6) is 23.0 Å². The van der Waals surface area contributed by atoms with Crippen molar-refractivity contribution in [2.45, 2.75) is 64.6 Å². The third kappa shape index (κ3) is 8.47. The molecule has 3 atom stereocenters. The smallest absolute Gasteiger partial charge is 0.303 e. The summed E-state index contributed by atoms with van der Waals surface area (Å²) in [6.45, 7) is 5.36. The van der Waals surface area contributed by atoms with E-state index in [9.17, 15) is 24.9 Å². The number of hydrogen-bond acceptors (Lipinski definition) is 8. The summed E-state index contributed by atoms with van der Waals surface area (Å²) in [4.78, 5) is 24.8. The number of ether oxygens (including phenoxy) is 3. The normalized spacial score (nSPS) is 13.7. The lowest BCUT2D eigenvalue weighted by atomic mass is 9.85. The van der Waals surface area contributed by atoms with E-state index in [0.717, 1.165) is 12.0 Å². The van der Waals surface area contributed by atoms with Crippen LogP contribution in [0.2, 0.25) is 0 Å². The molecule has 0 aliphatic heterocycles. The summed E-state index contributed by atoms with van der Waals surface area (Å²) in [5.74, 6) is 0.0232. The van der Waals surface area contributed by atoms with Gasteiger partial charge in [-0.1, -0.05) is 26.0 Å². The monoisotopic (exact) mass is 488 g/mol. The molecule has 0 amide bonds. The Morgan fingerprint density at radius 1 is 0.914 bits per heavy atom. The van der Waals surface area contributed by atoms with Crippen molar-refractivity contribution in [2.75, 3.05) is 14.2 Å². The van der Waals surface area contributed by atoms with Crippen molar-refractivity contribution in [1.29, 1.82) is 0 Å². The lowest BCUT2D eigenvalue weighted by molar-refractivity contribution is -0.154. The zero-order chi connectivity index (χ0) is 26.1. The second-order valence-corrected chi connectivity index (χ2v) is 9.13. The maximum Gasteiger partial charge on any atom is 0.303 e. The van der Waals surface area contributed by atoms with E-state index in [1.807, 2.05) is 0 Å². The number of phenols is 2. The van der Waals surface area contributed by atoms with Crippen LogP contribution in [0.15, 0.2) is 36.4 Å². The Hall–Kier alpha value is -3.26. The van der Waals surface area contributed by atoms with Gasteiger partial charge in [0, 0.05) is 26.2 Å². The Morgan fingerprint density at radius 3 is 2.09 bits per heavy atom. The highest BCUT2D eigenvalue weighted by molar-refractivity contribution is 5.80. The van der Waals surface area contributed by atoms with Crippen LogP contribution in [0, 0.1) is 5.92 Å². The molecule has 2 rings (SSSR count). The van der Waals surface area contributed by atoms with E-state index in [-0.39, 0.29) is 48.2 Å². The van der Waals surface area contributed by atoms with Crippen LogP contribution >= 0.6 is 0 Å². The second-order valence-electron chi connectivity index (χ2n) is 9.13. The number of carbonyl (C=O) groups is 2. The predicted octanol–water partition coefficient (Wildman–Crippen LogP) is 4.13. The Morgan fingerprint density at radius 2 is 1.51 bits per heavy atom. The molecule has 192 valence electrons. The summed E-state index contributed by atoms with van der Waals surface area (Å²) in [6.07, 6.45) is -1.27. The number of phenolic OH excluding ortho intramolecular Hbond substituents is 2. The van der Waals surface area contributed by atoms with Crippen LogP contribution < -0.4 is 9.47 Å². The first-order valence-corrected chi connectivity index (χ1v) is 11.6. The van der Waals surface area contributed by atoms with Crippen molar-refractivity contribution >= 4 is 11.8 Å². The van der Waals surface area contributed by atoms with Crippen LogP contribution in [0.25, 0.3) is 0 Å². The summed E-state index contributed by atoms with van der Waals surface area (Å²) in [5, 5.41) is 30.5. The topological polar surface area (TPSA) is 123 Å². The van der Waals surface area contributed by atoms with Crippen molar-refractivity contribution in [1.82, 2.24) is 0 Å². The first-order chi connectivity index (χ1) is 16.5. The number of aromatic hydroxyl groups is 2. The largest absolute Gasteiger partial charge is 0.504 e. The zero-order valence-electron chi connectivity index (χ0n) is 21.0. The van der Waals surface area contributed by atoms with Crippen molar-refractivity contribution < 1.29 is 39.1 Å². The molecule has 0 aliphatic carbocycles. The number of rotatable bonds is 13. The average molecular weight is 489 g/mol. The lowest BCUT2D eigenvalue weighted by Gasteiger charge is -2.24. The zero-order valence-corrected chi connectivity index (χ0v) is 21.0. The van der Waals surface area contributed by atoms with Crippen LogP contribution in [0.1, 0.15) is 57.1 Å². The molecule has 0 radical (unpaired) electrons. The minimum Gasteiger partial charge on any atom is -0.504 e. The third-order valence-electron chi connectivity index (χ3n) is 5.77.